The summed E-state index contributed by atoms with van der Waals surface area (Å²) >= 11 is 0. The number of amides is 1. The van der Waals surface area contributed by atoms with Gasteiger partial charge < -0.3 is 10.0 Å². The van der Waals surface area contributed by atoms with Gasteiger partial charge in [0.15, 0.2) is 0 Å². The zero-order valence-electron chi connectivity index (χ0n) is 11.4. The van der Waals surface area contributed by atoms with E-state index >= 15 is 0 Å². The Morgan fingerprint density at radius 1 is 1.29 bits per heavy atom. The van der Waals surface area contributed by atoms with E-state index < -0.39 is 11.9 Å². The van der Waals surface area contributed by atoms with Gasteiger partial charge in [0, 0.05) is 11.6 Å². The van der Waals surface area contributed by atoms with Crippen LogP contribution in [0.3, 0.4) is 0 Å². The Kier molecular flexibility index (Phi) is 5.66. The number of nitriles is 2. The second kappa shape index (κ2) is 7.46. The summed E-state index contributed by atoms with van der Waals surface area (Å²) in [6, 6.07) is 8.57. The van der Waals surface area contributed by atoms with Crippen LogP contribution in [0.2, 0.25) is 0 Å². The number of carboxylic acid groups (broad SMARTS) is 1. The van der Waals surface area contributed by atoms with Crippen LogP contribution in [0, 0.1) is 29.6 Å². The number of carbonyl (C=O) groups excluding carboxylic acids is 1. The Balaban J connectivity index is 3.16. The van der Waals surface area contributed by atoms with Crippen LogP contribution < -0.4 is 0 Å². The van der Waals surface area contributed by atoms with Gasteiger partial charge in [-0.2, -0.15) is 10.5 Å². The average molecular weight is 283 g/mol. The van der Waals surface area contributed by atoms with Crippen LogP contribution in [-0.2, 0) is 4.79 Å². The monoisotopic (exact) mass is 283 g/mol. The first-order chi connectivity index (χ1) is 10.0. The van der Waals surface area contributed by atoms with Gasteiger partial charge >= 0.3 is 5.97 Å². The minimum absolute atomic E-state index is 0.180. The van der Waals surface area contributed by atoms with Crippen LogP contribution in [0.25, 0.3) is 6.08 Å². The van der Waals surface area contributed by atoms with E-state index in [1.54, 1.807) is 25.1 Å². The van der Waals surface area contributed by atoms with Crippen LogP contribution in [-0.4, -0.2) is 35.0 Å². The molecule has 1 N–H and O–H groups in total. The van der Waals surface area contributed by atoms with Gasteiger partial charge in [0.1, 0.15) is 13.1 Å². The summed E-state index contributed by atoms with van der Waals surface area (Å²) in [7, 11) is 0. The van der Waals surface area contributed by atoms with Crippen molar-refractivity contribution >= 4 is 18.0 Å². The molecule has 0 saturated heterocycles. The van der Waals surface area contributed by atoms with Crippen molar-refractivity contribution in [2.24, 2.45) is 0 Å². The molecule has 0 aromatic heterocycles. The smallest absolute Gasteiger partial charge is 0.328 e. The molecule has 0 heterocycles. The van der Waals surface area contributed by atoms with Gasteiger partial charge in [-0.25, -0.2) is 4.79 Å². The lowest BCUT2D eigenvalue weighted by Gasteiger charge is -2.17. The predicted octanol–water partition coefficient (Wildman–Crippen LogP) is 1.58. The van der Waals surface area contributed by atoms with Crippen molar-refractivity contribution in [1.82, 2.24) is 4.90 Å². The lowest BCUT2D eigenvalue weighted by Crippen LogP contribution is -2.32. The molecule has 1 amide bonds. The minimum atomic E-state index is -1.08. The summed E-state index contributed by atoms with van der Waals surface area (Å²) in [6.07, 6.45) is 2.38. The highest BCUT2D eigenvalue weighted by molar-refractivity contribution is 5.97. The fraction of sp³-hybridized carbons (Fsp3) is 0.200. The van der Waals surface area contributed by atoms with Crippen LogP contribution in [0.4, 0.5) is 0 Å². The molecule has 106 valence electrons. The van der Waals surface area contributed by atoms with Gasteiger partial charge in [0.05, 0.1) is 12.1 Å². The largest absolute Gasteiger partial charge is 0.478 e. The summed E-state index contributed by atoms with van der Waals surface area (Å²) in [6.45, 7) is 1.33. The molecule has 0 spiro atoms. The van der Waals surface area contributed by atoms with Crippen LogP contribution in [0.1, 0.15) is 21.5 Å². The molecule has 0 bridgehead atoms. The average Bonchev–Trinajstić information content (AvgIpc) is 2.45. The number of nitrogens with zero attached hydrogens (tertiary/aromatic N) is 3. The van der Waals surface area contributed by atoms with E-state index in [0.717, 1.165) is 11.0 Å². The number of hydrogen-bond donors (Lipinski definition) is 1. The normalized spacial score (nSPS) is 9.86. The molecule has 0 unspecified atom stereocenters. The topological polar surface area (TPSA) is 105 Å². The fourth-order valence-electron chi connectivity index (χ4n) is 1.77. The molecule has 1 aromatic carbocycles. The third-order valence-electron chi connectivity index (χ3n) is 2.82. The quantitative estimate of drug-likeness (QED) is 0.652. The maximum Gasteiger partial charge on any atom is 0.328 e. The van der Waals surface area contributed by atoms with Crippen molar-refractivity contribution in [3.63, 3.8) is 0 Å². The molecule has 6 heteroatoms. The van der Waals surface area contributed by atoms with E-state index in [2.05, 4.69) is 0 Å². The highest BCUT2D eigenvalue weighted by Gasteiger charge is 2.17. The number of carbonyl (C=O) groups is 2. The lowest BCUT2D eigenvalue weighted by molar-refractivity contribution is -0.131. The van der Waals surface area contributed by atoms with Crippen molar-refractivity contribution in [3.05, 3.63) is 41.0 Å². The Hall–Kier alpha value is -3.12. The summed E-state index contributed by atoms with van der Waals surface area (Å²) < 4.78 is 0. The van der Waals surface area contributed by atoms with Gasteiger partial charge in [-0.1, -0.05) is 12.1 Å². The summed E-state index contributed by atoms with van der Waals surface area (Å²) in [5.41, 5.74) is 1.53. The zero-order chi connectivity index (χ0) is 15.8. The molecule has 0 aliphatic carbocycles. The molecule has 0 aliphatic rings. The van der Waals surface area contributed by atoms with Gasteiger partial charge in [0.2, 0.25) is 0 Å². The van der Waals surface area contributed by atoms with Crippen molar-refractivity contribution in [2.75, 3.05) is 13.1 Å². The summed E-state index contributed by atoms with van der Waals surface area (Å²) in [5, 5.41) is 26.0. The Morgan fingerprint density at radius 3 is 2.43 bits per heavy atom. The molecular formula is C15H13N3O3. The number of aliphatic carboxylic acids is 1. The maximum absolute atomic E-state index is 12.3. The fourth-order valence-corrected chi connectivity index (χ4v) is 1.77. The van der Waals surface area contributed by atoms with Gasteiger partial charge in [-0.3, -0.25) is 4.79 Å². The third kappa shape index (κ3) is 4.19. The van der Waals surface area contributed by atoms with Crippen LogP contribution >= 0.6 is 0 Å². The van der Waals surface area contributed by atoms with E-state index in [4.69, 9.17) is 15.6 Å². The molecule has 6 nitrogen and oxygen atoms in total. The molecule has 0 atom stereocenters. The zero-order valence-corrected chi connectivity index (χ0v) is 11.4. The maximum atomic E-state index is 12.3. The molecule has 21 heavy (non-hydrogen) atoms. The van der Waals surface area contributed by atoms with E-state index in [9.17, 15) is 9.59 Å². The highest BCUT2D eigenvalue weighted by atomic mass is 16.4. The first-order valence-corrected chi connectivity index (χ1v) is 6.05. The van der Waals surface area contributed by atoms with E-state index in [1.807, 2.05) is 12.1 Å². The van der Waals surface area contributed by atoms with Crippen LogP contribution in [0.15, 0.2) is 24.3 Å². The molecule has 1 rings (SSSR count). The van der Waals surface area contributed by atoms with Crippen LogP contribution in [0.5, 0.6) is 0 Å². The molecule has 0 aliphatic heterocycles. The molecule has 0 fully saturated rings. The number of benzene rings is 1. The second-order valence-electron chi connectivity index (χ2n) is 4.17. The van der Waals surface area contributed by atoms with E-state index in [1.165, 1.54) is 6.08 Å². The van der Waals surface area contributed by atoms with Crippen molar-refractivity contribution < 1.29 is 14.7 Å². The van der Waals surface area contributed by atoms with Crippen molar-refractivity contribution in [2.45, 2.75) is 6.92 Å². The molecule has 1 aromatic rings. The number of carboxylic acids is 1. The minimum Gasteiger partial charge on any atom is -0.478 e. The Morgan fingerprint density at radius 2 is 1.90 bits per heavy atom. The lowest BCUT2D eigenvalue weighted by atomic mass is 10.0. The van der Waals surface area contributed by atoms with Gasteiger partial charge in [-0.15, -0.1) is 0 Å². The van der Waals surface area contributed by atoms with E-state index in [-0.39, 0.29) is 13.1 Å². The van der Waals surface area contributed by atoms with E-state index in [0.29, 0.717) is 16.7 Å². The van der Waals surface area contributed by atoms with Gasteiger partial charge in [0.25, 0.3) is 5.91 Å². The standard InChI is InChI=1S/C15H13N3O3/c1-11-12(5-6-14(19)20)3-2-4-13(11)15(21)18(9-7-16)10-8-17/h2-6H,9-10H2,1H3,(H,19,20). The molecule has 0 radical (unpaired) electrons. The molecular weight excluding hydrogens is 270 g/mol. The number of hydrogen-bond acceptors (Lipinski definition) is 4. The second-order valence-corrected chi connectivity index (χ2v) is 4.17. The Labute approximate surface area is 122 Å². The summed E-state index contributed by atoms with van der Waals surface area (Å²) in [5.74, 6) is -1.51. The Bertz CT molecular complexity index is 650. The summed E-state index contributed by atoms with van der Waals surface area (Å²) in [4.78, 5) is 24.0. The first kappa shape index (κ1) is 15.9. The first-order valence-electron chi connectivity index (χ1n) is 6.05. The SMILES string of the molecule is Cc1c(C=CC(=O)O)cccc1C(=O)N(CC#N)CC#N. The van der Waals surface area contributed by atoms with Gasteiger partial charge in [-0.05, 0) is 30.2 Å². The van der Waals surface area contributed by atoms with Crippen molar-refractivity contribution in [1.29, 1.82) is 10.5 Å². The third-order valence-corrected chi connectivity index (χ3v) is 2.82. The van der Waals surface area contributed by atoms with Crippen molar-refractivity contribution in [3.8, 4) is 12.1 Å². The molecule has 0 saturated carbocycles. The predicted molar refractivity (Wildman–Crippen MR) is 75.0 cm³/mol. The highest BCUT2D eigenvalue weighted by Crippen LogP contribution is 2.17. The number of rotatable bonds is 5.